The predicted octanol–water partition coefficient (Wildman–Crippen LogP) is 2.80. The summed E-state index contributed by atoms with van der Waals surface area (Å²) in [5.41, 5.74) is 6.54. The minimum absolute atomic E-state index is 0.0888. The van der Waals surface area contributed by atoms with Crippen molar-refractivity contribution in [2.75, 3.05) is 45.6 Å². The van der Waals surface area contributed by atoms with Crippen molar-refractivity contribution in [3.05, 3.63) is 58.0 Å². The Hall–Kier alpha value is -3.65. The lowest BCUT2D eigenvalue weighted by Gasteiger charge is -2.26. The molecule has 8 nitrogen and oxygen atoms in total. The molecule has 0 radical (unpaired) electrons. The summed E-state index contributed by atoms with van der Waals surface area (Å²) in [6, 6.07) is 7.57. The molecule has 1 aromatic heterocycles. The van der Waals surface area contributed by atoms with E-state index in [4.69, 9.17) is 5.41 Å². The third kappa shape index (κ3) is 4.21. The highest BCUT2D eigenvalue weighted by molar-refractivity contribution is 6.35. The highest BCUT2D eigenvalue weighted by Crippen LogP contribution is 2.36. The molecule has 2 aromatic rings. The molecule has 8 heteroatoms. The molecule has 0 saturated carbocycles. The maximum absolute atomic E-state index is 13.3. The van der Waals surface area contributed by atoms with Gasteiger partial charge in [0.1, 0.15) is 0 Å². The number of anilines is 1. The Balaban J connectivity index is 1.94. The number of benzene rings is 1. The maximum Gasteiger partial charge on any atom is 0.256 e. The van der Waals surface area contributed by atoms with E-state index in [0.29, 0.717) is 36.5 Å². The number of likely N-dealkylation sites (N-methyl/N-ethyl adjacent to an activating group) is 3. The number of nitrogens with zero attached hydrogens (tertiary/aromatic N) is 2. The van der Waals surface area contributed by atoms with Crippen LogP contribution in [-0.4, -0.2) is 73.1 Å². The number of aryl methyl sites for hydroxylation is 1. The average molecular weight is 447 g/mol. The van der Waals surface area contributed by atoms with Crippen LogP contribution in [0.1, 0.15) is 39.8 Å². The lowest BCUT2D eigenvalue weighted by molar-refractivity contribution is -0.110. The van der Waals surface area contributed by atoms with Crippen molar-refractivity contribution >= 4 is 40.9 Å². The molecule has 2 amide bonds. The molecule has 0 atom stereocenters. The number of aromatic amines is 1. The van der Waals surface area contributed by atoms with E-state index in [2.05, 4.69) is 27.4 Å². The smallest absolute Gasteiger partial charge is 0.256 e. The fourth-order valence-corrected chi connectivity index (χ4v) is 4.36. The fourth-order valence-electron chi connectivity index (χ4n) is 4.36. The van der Waals surface area contributed by atoms with E-state index in [-0.39, 0.29) is 11.8 Å². The van der Waals surface area contributed by atoms with Crippen molar-refractivity contribution in [3.8, 4) is 0 Å². The molecule has 2 aliphatic rings. The zero-order chi connectivity index (χ0) is 23.7. The van der Waals surface area contributed by atoms with Crippen molar-refractivity contribution in [2.24, 2.45) is 0 Å². The van der Waals surface area contributed by atoms with Gasteiger partial charge in [-0.2, -0.15) is 0 Å². The minimum atomic E-state index is -0.211. The van der Waals surface area contributed by atoms with Gasteiger partial charge >= 0.3 is 0 Å². The molecular weight excluding hydrogens is 416 g/mol. The highest BCUT2D eigenvalue weighted by Gasteiger charge is 2.27. The van der Waals surface area contributed by atoms with Crippen LogP contribution in [0.3, 0.4) is 0 Å². The van der Waals surface area contributed by atoms with Gasteiger partial charge in [-0.25, -0.2) is 0 Å². The molecule has 0 aliphatic carbocycles. The molecule has 2 aliphatic heterocycles. The van der Waals surface area contributed by atoms with Crippen LogP contribution in [0.15, 0.2) is 30.0 Å². The third-order valence-corrected chi connectivity index (χ3v) is 6.31. The van der Waals surface area contributed by atoms with Gasteiger partial charge in [0, 0.05) is 68.2 Å². The number of aromatic nitrogens is 1. The first-order valence-electron chi connectivity index (χ1n) is 11.1. The van der Waals surface area contributed by atoms with E-state index in [1.807, 2.05) is 38.2 Å². The van der Waals surface area contributed by atoms with E-state index in [1.165, 1.54) is 6.21 Å². The Morgan fingerprint density at radius 1 is 1.18 bits per heavy atom. The molecule has 4 rings (SSSR count). The van der Waals surface area contributed by atoms with E-state index >= 15 is 0 Å². The summed E-state index contributed by atoms with van der Waals surface area (Å²) in [5, 5.41) is 14.3. The number of nitrogens with one attached hydrogen (secondary N) is 4. The SMILES string of the molecule is CCN1CCN(C)C(=O)c2cc(C)[nH]c2/C=C2\C(=O)Nc3ccc(cc32)/C(C=N)=C(/NC)C1. The number of carbonyl (C=O) groups excluding carboxylic acids is 2. The van der Waals surface area contributed by atoms with Crippen molar-refractivity contribution < 1.29 is 9.59 Å². The van der Waals surface area contributed by atoms with Gasteiger partial charge in [-0.3, -0.25) is 14.5 Å². The van der Waals surface area contributed by atoms with Crippen LogP contribution < -0.4 is 10.6 Å². The first-order valence-corrected chi connectivity index (χ1v) is 11.1. The summed E-state index contributed by atoms with van der Waals surface area (Å²) in [4.78, 5) is 33.3. The lowest BCUT2D eigenvalue weighted by Crippen LogP contribution is -2.38. The van der Waals surface area contributed by atoms with Gasteiger partial charge in [0.25, 0.3) is 11.8 Å². The normalized spacial score (nSPS) is 21.0. The molecule has 33 heavy (non-hydrogen) atoms. The van der Waals surface area contributed by atoms with Crippen LogP contribution >= 0.6 is 0 Å². The van der Waals surface area contributed by atoms with Crippen molar-refractivity contribution in [1.29, 1.82) is 5.41 Å². The second kappa shape index (κ2) is 9.07. The number of rotatable bonds is 3. The molecule has 2 bridgehead atoms. The first-order chi connectivity index (χ1) is 15.9. The molecular formula is C25H30N6O2. The summed E-state index contributed by atoms with van der Waals surface area (Å²) >= 11 is 0. The molecule has 4 N–H and O–H groups in total. The van der Waals surface area contributed by atoms with E-state index in [9.17, 15) is 9.59 Å². The first kappa shape index (κ1) is 22.5. The second-order valence-corrected chi connectivity index (χ2v) is 8.43. The number of fused-ring (bicyclic) bond motifs is 2. The summed E-state index contributed by atoms with van der Waals surface area (Å²) in [6.45, 7) is 6.66. The highest BCUT2D eigenvalue weighted by atomic mass is 16.2. The number of hydrogen-bond acceptors (Lipinski definition) is 5. The van der Waals surface area contributed by atoms with Crippen molar-refractivity contribution in [1.82, 2.24) is 20.1 Å². The Labute approximate surface area is 193 Å². The number of carbonyl (C=O) groups is 2. The molecule has 1 aromatic carbocycles. The summed E-state index contributed by atoms with van der Waals surface area (Å²) in [6.07, 6.45) is 3.11. The van der Waals surface area contributed by atoms with Crippen molar-refractivity contribution in [2.45, 2.75) is 13.8 Å². The topological polar surface area (TPSA) is 104 Å². The zero-order valence-electron chi connectivity index (χ0n) is 19.5. The van der Waals surface area contributed by atoms with Crippen LogP contribution in [0.4, 0.5) is 5.69 Å². The lowest BCUT2D eigenvalue weighted by atomic mass is 9.97. The van der Waals surface area contributed by atoms with Crippen LogP contribution in [0, 0.1) is 12.3 Å². The summed E-state index contributed by atoms with van der Waals surface area (Å²) in [7, 11) is 3.66. The van der Waals surface area contributed by atoms with Gasteiger partial charge in [0.15, 0.2) is 0 Å². The number of H-pyrrole nitrogens is 1. The van der Waals surface area contributed by atoms with Gasteiger partial charge in [-0.15, -0.1) is 0 Å². The molecule has 0 saturated heterocycles. The standard InChI is InChI=1S/C25H30N6O2/c1-5-31-9-8-30(4)25(33)19-10-15(2)28-22(19)12-18-17-11-16(6-7-21(17)29-24(18)32)20(13-26)23(14-31)27-3/h6-7,10-13,26-28H,5,8-9,14H2,1-4H3,(H,29,32)/b18-12-,23-20+,26-13?. The zero-order valence-corrected chi connectivity index (χ0v) is 19.5. The third-order valence-electron chi connectivity index (χ3n) is 6.31. The largest absolute Gasteiger partial charge is 0.390 e. The second-order valence-electron chi connectivity index (χ2n) is 8.43. The van der Waals surface area contributed by atoms with Gasteiger partial charge < -0.3 is 25.9 Å². The Bertz CT molecular complexity index is 1190. The van der Waals surface area contributed by atoms with Crippen LogP contribution in [0.2, 0.25) is 0 Å². The number of amides is 2. The van der Waals surface area contributed by atoms with Gasteiger partial charge in [-0.1, -0.05) is 13.0 Å². The van der Waals surface area contributed by atoms with Crippen molar-refractivity contribution in [3.63, 3.8) is 0 Å². The summed E-state index contributed by atoms with van der Waals surface area (Å²) in [5.74, 6) is -0.300. The van der Waals surface area contributed by atoms with Crippen LogP contribution in [0.25, 0.3) is 17.2 Å². The van der Waals surface area contributed by atoms with Gasteiger partial charge in [0.2, 0.25) is 0 Å². The van der Waals surface area contributed by atoms with Crippen LogP contribution in [0.5, 0.6) is 0 Å². The molecule has 3 heterocycles. The Morgan fingerprint density at radius 2 is 1.97 bits per heavy atom. The Kier molecular flexibility index (Phi) is 6.20. The van der Waals surface area contributed by atoms with E-state index in [1.54, 1.807) is 18.0 Å². The van der Waals surface area contributed by atoms with Crippen LogP contribution in [-0.2, 0) is 4.79 Å². The molecule has 0 spiro atoms. The summed E-state index contributed by atoms with van der Waals surface area (Å²) < 4.78 is 0. The average Bonchev–Trinajstić information content (AvgIpc) is 3.33. The fraction of sp³-hybridized carbons (Fsp3) is 0.320. The van der Waals surface area contributed by atoms with Gasteiger partial charge in [0.05, 0.1) is 16.8 Å². The Morgan fingerprint density at radius 3 is 2.67 bits per heavy atom. The number of allylic oxidation sites excluding steroid dienone is 1. The van der Waals surface area contributed by atoms with Gasteiger partial charge in [-0.05, 0) is 43.3 Å². The minimum Gasteiger partial charge on any atom is -0.390 e. The number of hydrogen-bond donors (Lipinski definition) is 4. The molecule has 0 fully saturated rings. The molecule has 0 unspecified atom stereocenters. The molecule has 172 valence electrons. The monoisotopic (exact) mass is 446 g/mol. The quantitative estimate of drug-likeness (QED) is 0.544. The predicted molar refractivity (Wildman–Crippen MR) is 132 cm³/mol. The van der Waals surface area contributed by atoms with E-state index in [0.717, 1.165) is 40.3 Å². The van der Waals surface area contributed by atoms with E-state index < -0.39 is 0 Å². The maximum atomic E-state index is 13.3.